The lowest BCUT2D eigenvalue weighted by atomic mass is 9.92. The first-order valence-electron chi connectivity index (χ1n) is 9.30. The van der Waals surface area contributed by atoms with Crippen molar-refractivity contribution in [1.29, 1.82) is 0 Å². The largest absolute Gasteiger partial charge is 0.330 e. The molecular formula is C23H24ClFN2O. The number of amides is 1. The number of carbonyl (C=O) groups is 1. The van der Waals surface area contributed by atoms with E-state index in [-0.39, 0.29) is 17.1 Å². The third-order valence-corrected chi connectivity index (χ3v) is 5.61. The van der Waals surface area contributed by atoms with Crippen molar-refractivity contribution in [1.82, 2.24) is 0 Å². The molecule has 2 aromatic carbocycles. The predicted octanol–water partition coefficient (Wildman–Crippen LogP) is 5.68. The SMILES string of the molecule is C/C=C1\C(=O)Nc2cc(Cl)c(-c3ccc(C4(CN)CC4)cc3F)cc21.C=CC. The Morgan fingerprint density at radius 2 is 1.89 bits per heavy atom. The molecule has 3 nitrogen and oxygen atoms in total. The number of benzene rings is 2. The summed E-state index contributed by atoms with van der Waals surface area (Å²) in [6.07, 6.45) is 5.50. The Morgan fingerprint density at radius 3 is 2.43 bits per heavy atom. The molecular weight excluding hydrogens is 375 g/mol. The first-order chi connectivity index (χ1) is 13.4. The van der Waals surface area contributed by atoms with Crippen LogP contribution in [0.5, 0.6) is 0 Å². The van der Waals surface area contributed by atoms with Gasteiger partial charge in [0.05, 0.1) is 10.7 Å². The zero-order chi connectivity index (χ0) is 20.5. The number of anilines is 1. The van der Waals surface area contributed by atoms with Gasteiger partial charge in [-0.05, 0) is 50.5 Å². The van der Waals surface area contributed by atoms with E-state index in [0.717, 1.165) is 24.0 Å². The summed E-state index contributed by atoms with van der Waals surface area (Å²) < 4.78 is 14.8. The van der Waals surface area contributed by atoms with Crippen LogP contribution >= 0.6 is 11.6 Å². The Labute approximate surface area is 170 Å². The number of nitrogens with one attached hydrogen (secondary N) is 1. The minimum Gasteiger partial charge on any atom is -0.330 e. The van der Waals surface area contributed by atoms with Crippen LogP contribution in [-0.2, 0) is 10.2 Å². The van der Waals surface area contributed by atoms with E-state index in [1.165, 1.54) is 0 Å². The second-order valence-corrected chi connectivity index (χ2v) is 7.53. The highest BCUT2D eigenvalue weighted by Gasteiger charge is 2.43. The molecule has 2 aliphatic rings. The van der Waals surface area contributed by atoms with Crippen molar-refractivity contribution in [2.75, 3.05) is 11.9 Å². The van der Waals surface area contributed by atoms with Gasteiger partial charge in [-0.3, -0.25) is 4.79 Å². The lowest BCUT2D eigenvalue weighted by Gasteiger charge is -2.15. The van der Waals surface area contributed by atoms with E-state index in [1.807, 2.05) is 13.0 Å². The van der Waals surface area contributed by atoms with E-state index >= 15 is 0 Å². The summed E-state index contributed by atoms with van der Waals surface area (Å²) in [6, 6.07) is 8.71. The summed E-state index contributed by atoms with van der Waals surface area (Å²) in [5.74, 6) is -0.487. The molecule has 0 saturated heterocycles. The molecule has 0 radical (unpaired) electrons. The number of rotatable bonds is 3. The van der Waals surface area contributed by atoms with E-state index < -0.39 is 0 Å². The maximum absolute atomic E-state index is 14.8. The molecule has 0 spiro atoms. The van der Waals surface area contributed by atoms with Crippen LogP contribution in [-0.4, -0.2) is 12.5 Å². The number of nitrogens with two attached hydrogens (primary N) is 1. The lowest BCUT2D eigenvalue weighted by molar-refractivity contribution is -0.110. The number of hydrogen-bond acceptors (Lipinski definition) is 2. The van der Waals surface area contributed by atoms with Crippen molar-refractivity contribution in [3.8, 4) is 11.1 Å². The maximum Gasteiger partial charge on any atom is 0.256 e. The van der Waals surface area contributed by atoms with Crippen molar-refractivity contribution in [2.45, 2.75) is 32.1 Å². The Morgan fingerprint density at radius 1 is 1.21 bits per heavy atom. The molecule has 0 unspecified atom stereocenters. The third kappa shape index (κ3) is 3.50. The Bertz CT molecular complexity index is 977. The average molecular weight is 399 g/mol. The fourth-order valence-corrected chi connectivity index (χ4v) is 3.79. The highest BCUT2D eigenvalue weighted by Crippen LogP contribution is 2.48. The van der Waals surface area contributed by atoms with Gasteiger partial charge < -0.3 is 11.1 Å². The topological polar surface area (TPSA) is 55.1 Å². The molecule has 1 amide bonds. The van der Waals surface area contributed by atoms with Gasteiger partial charge in [-0.1, -0.05) is 35.9 Å². The van der Waals surface area contributed by atoms with Crippen LogP contribution in [0.2, 0.25) is 5.02 Å². The predicted molar refractivity (Wildman–Crippen MR) is 115 cm³/mol. The summed E-state index contributed by atoms with van der Waals surface area (Å²) in [4.78, 5) is 12.0. The number of carbonyl (C=O) groups excluding carboxylic acids is 1. The van der Waals surface area contributed by atoms with Crippen LogP contribution < -0.4 is 11.1 Å². The van der Waals surface area contributed by atoms with Crippen molar-refractivity contribution in [3.63, 3.8) is 0 Å². The van der Waals surface area contributed by atoms with Gasteiger partial charge in [0, 0.05) is 34.2 Å². The van der Waals surface area contributed by atoms with E-state index in [9.17, 15) is 9.18 Å². The average Bonchev–Trinajstić information content (AvgIpc) is 3.40. The molecule has 4 rings (SSSR count). The van der Waals surface area contributed by atoms with Gasteiger partial charge in [-0.2, -0.15) is 0 Å². The van der Waals surface area contributed by atoms with Crippen LogP contribution in [0.4, 0.5) is 10.1 Å². The number of halogens is 2. The van der Waals surface area contributed by atoms with Crippen LogP contribution in [0, 0.1) is 5.82 Å². The van der Waals surface area contributed by atoms with Gasteiger partial charge in [0.1, 0.15) is 5.82 Å². The van der Waals surface area contributed by atoms with E-state index in [2.05, 4.69) is 11.9 Å². The van der Waals surface area contributed by atoms with Crippen LogP contribution in [0.1, 0.15) is 37.8 Å². The molecule has 0 aromatic heterocycles. The first kappa shape index (κ1) is 20.3. The Hall–Kier alpha value is -2.43. The normalized spacial score (nSPS) is 17.5. The monoisotopic (exact) mass is 398 g/mol. The van der Waals surface area contributed by atoms with E-state index in [4.69, 9.17) is 17.3 Å². The van der Waals surface area contributed by atoms with Crippen molar-refractivity contribution < 1.29 is 9.18 Å². The second kappa shape index (κ2) is 7.90. The number of allylic oxidation sites excluding steroid dienone is 2. The first-order valence-corrected chi connectivity index (χ1v) is 9.67. The molecule has 5 heteroatoms. The fourth-order valence-electron chi connectivity index (χ4n) is 3.53. The van der Waals surface area contributed by atoms with Gasteiger partial charge >= 0.3 is 0 Å². The van der Waals surface area contributed by atoms with Crippen LogP contribution in [0.3, 0.4) is 0 Å². The molecule has 1 aliphatic carbocycles. The van der Waals surface area contributed by atoms with Gasteiger partial charge in [0.2, 0.25) is 0 Å². The van der Waals surface area contributed by atoms with E-state index in [1.54, 1.807) is 43.3 Å². The number of hydrogen-bond donors (Lipinski definition) is 2. The highest BCUT2D eigenvalue weighted by atomic mass is 35.5. The highest BCUT2D eigenvalue weighted by molar-refractivity contribution is 6.36. The molecule has 146 valence electrons. The van der Waals surface area contributed by atoms with Crippen molar-refractivity contribution in [3.05, 3.63) is 71.0 Å². The van der Waals surface area contributed by atoms with Gasteiger partial charge in [0.15, 0.2) is 0 Å². The quantitative estimate of drug-likeness (QED) is 0.515. The van der Waals surface area contributed by atoms with Crippen molar-refractivity contribution in [2.24, 2.45) is 5.73 Å². The summed E-state index contributed by atoms with van der Waals surface area (Å²) in [6.45, 7) is 7.58. The number of fused-ring (bicyclic) bond motifs is 1. The molecule has 2 aromatic rings. The Balaban J connectivity index is 0.000000706. The standard InChI is InChI=1S/C20H18ClFN2O.C3H6/c1-2-12-15-8-14(16(21)9-18(15)24-19(12)25)13-4-3-11(7-17(13)22)20(10-23)5-6-20;1-3-2/h2-4,7-9H,5-6,10,23H2,1H3,(H,24,25);3H,1H2,2H3/b12-2-;. The van der Waals surface area contributed by atoms with Gasteiger partial charge in [-0.15, -0.1) is 6.58 Å². The summed E-state index contributed by atoms with van der Waals surface area (Å²) in [5.41, 5.74) is 9.71. The van der Waals surface area contributed by atoms with Gasteiger partial charge in [-0.25, -0.2) is 4.39 Å². The maximum atomic E-state index is 14.8. The molecule has 1 heterocycles. The molecule has 1 saturated carbocycles. The van der Waals surface area contributed by atoms with Crippen LogP contribution in [0.15, 0.2) is 49.1 Å². The molecule has 28 heavy (non-hydrogen) atoms. The van der Waals surface area contributed by atoms with Crippen LogP contribution in [0.25, 0.3) is 16.7 Å². The second-order valence-electron chi connectivity index (χ2n) is 7.12. The molecule has 1 aliphatic heterocycles. The minimum atomic E-state index is -0.321. The minimum absolute atomic E-state index is 0.0600. The third-order valence-electron chi connectivity index (χ3n) is 5.29. The molecule has 0 bridgehead atoms. The van der Waals surface area contributed by atoms with Gasteiger partial charge in [0.25, 0.3) is 5.91 Å². The van der Waals surface area contributed by atoms with Crippen molar-refractivity contribution >= 4 is 28.8 Å². The fraction of sp³-hybridized carbons (Fsp3) is 0.261. The van der Waals surface area contributed by atoms with E-state index in [0.29, 0.717) is 34.0 Å². The Kier molecular flexibility index (Phi) is 5.73. The zero-order valence-electron chi connectivity index (χ0n) is 16.1. The summed E-state index contributed by atoms with van der Waals surface area (Å²) in [7, 11) is 0. The smallest absolute Gasteiger partial charge is 0.256 e. The lowest BCUT2D eigenvalue weighted by Crippen LogP contribution is -2.19. The molecule has 1 fully saturated rings. The molecule has 3 N–H and O–H groups in total. The summed E-state index contributed by atoms with van der Waals surface area (Å²) >= 11 is 6.36. The summed E-state index contributed by atoms with van der Waals surface area (Å²) in [5, 5.41) is 3.18. The zero-order valence-corrected chi connectivity index (χ0v) is 16.9. The molecule has 0 atom stereocenters.